The van der Waals surface area contributed by atoms with Crippen LogP contribution in [0.15, 0.2) is 11.0 Å². The van der Waals surface area contributed by atoms with Gasteiger partial charge in [0.25, 0.3) is 0 Å². The highest BCUT2D eigenvalue weighted by molar-refractivity contribution is 6.05. The number of carbonyl (C=O) groups excluding carboxylic acids is 2. The Balaban J connectivity index is 2.05. The largest absolute Gasteiger partial charge is 0.477 e. The van der Waals surface area contributed by atoms with Crippen molar-refractivity contribution in [1.29, 1.82) is 0 Å². The Morgan fingerprint density at radius 2 is 1.81 bits per heavy atom. The Bertz CT molecular complexity index is 1170. The normalized spacial score (nSPS) is 16.5. The number of nitrogens with zero attached hydrogens (tertiary/aromatic N) is 3. The van der Waals surface area contributed by atoms with E-state index in [1.54, 1.807) is 0 Å². The molecule has 0 unspecified atom stereocenters. The summed E-state index contributed by atoms with van der Waals surface area (Å²) in [4.78, 5) is 50.1. The van der Waals surface area contributed by atoms with Crippen molar-refractivity contribution in [2.24, 2.45) is 0 Å². The van der Waals surface area contributed by atoms with Crippen LogP contribution in [0.5, 0.6) is 0 Å². The molecule has 164 valence electrons. The lowest BCUT2D eigenvalue weighted by Gasteiger charge is -2.35. The van der Waals surface area contributed by atoms with Crippen LogP contribution in [0, 0.1) is 11.6 Å². The van der Waals surface area contributed by atoms with E-state index in [1.165, 1.54) is 14.4 Å². The van der Waals surface area contributed by atoms with E-state index in [1.807, 2.05) is 0 Å². The zero-order valence-corrected chi connectivity index (χ0v) is 16.7. The van der Waals surface area contributed by atoms with Crippen molar-refractivity contribution >= 4 is 40.6 Å². The van der Waals surface area contributed by atoms with Gasteiger partial charge in [0.1, 0.15) is 11.3 Å². The average molecular weight is 434 g/mol. The number of pyridine rings is 1. The molecule has 0 radical (unpaired) electrons. The molecule has 4 rings (SSSR count). The van der Waals surface area contributed by atoms with Crippen molar-refractivity contribution in [2.75, 3.05) is 36.4 Å². The minimum atomic E-state index is -1.52. The fourth-order valence-electron chi connectivity index (χ4n) is 3.94. The molecule has 0 atom stereocenters. The molecule has 2 aliphatic rings. The molecule has 2 N–H and O–H groups in total. The summed E-state index contributed by atoms with van der Waals surface area (Å²) < 4.78 is 32.7. The smallest absolute Gasteiger partial charge is 0.341 e. The zero-order valence-electron chi connectivity index (χ0n) is 16.7. The highest BCUT2D eigenvalue weighted by Gasteiger charge is 2.34. The van der Waals surface area contributed by atoms with Crippen LogP contribution in [-0.4, -0.2) is 59.0 Å². The Hall–Kier alpha value is -3.50. The van der Waals surface area contributed by atoms with E-state index < -0.39 is 51.3 Å². The van der Waals surface area contributed by atoms with Crippen LogP contribution in [0.3, 0.4) is 0 Å². The molecule has 31 heavy (non-hydrogen) atoms. The van der Waals surface area contributed by atoms with Gasteiger partial charge in [0.2, 0.25) is 17.7 Å². The number of aromatic nitrogens is 1. The summed E-state index contributed by atoms with van der Waals surface area (Å²) in [7, 11) is 0. The van der Waals surface area contributed by atoms with Gasteiger partial charge in [-0.15, -0.1) is 0 Å². The molecule has 1 saturated carbocycles. The molecule has 0 bridgehead atoms. The van der Waals surface area contributed by atoms with E-state index in [0.717, 1.165) is 13.1 Å². The molecule has 2 fully saturated rings. The fraction of sp³-hybridized carbons (Fsp3) is 0.400. The van der Waals surface area contributed by atoms with Gasteiger partial charge in [-0.05, 0) is 12.8 Å². The predicted octanol–water partition coefficient (Wildman–Crippen LogP) is 1.55. The van der Waals surface area contributed by atoms with E-state index in [4.69, 9.17) is 0 Å². The Morgan fingerprint density at radius 3 is 2.32 bits per heavy atom. The lowest BCUT2D eigenvalue weighted by Crippen LogP contribution is -2.46. The summed E-state index contributed by atoms with van der Waals surface area (Å²) in [5.41, 5.74) is -2.90. The van der Waals surface area contributed by atoms with Gasteiger partial charge in [-0.2, -0.15) is 0 Å². The number of carboxylic acids is 1. The quantitative estimate of drug-likeness (QED) is 0.691. The maximum Gasteiger partial charge on any atom is 0.341 e. The number of anilines is 2. The highest BCUT2D eigenvalue weighted by atomic mass is 19.1. The molecule has 1 aromatic carbocycles. The number of rotatable bonds is 5. The lowest BCUT2D eigenvalue weighted by atomic mass is 10.0. The molecular weight excluding hydrogens is 414 g/mol. The number of carboxylic acid groups (broad SMARTS) is 1. The second-order valence-corrected chi connectivity index (χ2v) is 7.70. The van der Waals surface area contributed by atoms with Gasteiger partial charge in [0, 0.05) is 45.3 Å². The van der Waals surface area contributed by atoms with Gasteiger partial charge in [-0.3, -0.25) is 14.4 Å². The molecule has 2 heterocycles. The third-order valence-corrected chi connectivity index (χ3v) is 5.58. The molecule has 1 saturated heterocycles. The number of piperazine rings is 1. The van der Waals surface area contributed by atoms with Gasteiger partial charge >= 0.3 is 5.97 Å². The number of amides is 2. The monoisotopic (exact) mass is 434 g/mol. The lowest BCUT2D eigenvalue weighted by molar-refractivity contribution is -0.118. The maximum atomic E-state index is 15.8. The van der Waals surface area contributed by atoms with Crippen LogP contribution in [-0.2, 0) is 9.59 Å². The number of hydrogen-bond donors (Lipinski definition) is 2. The van der Waals surface area contributed by atoms with Crippen molar-refractivity contribution in [2.45, 2.75) is 25.8 Å². The van der Waals surface area contributed by atoms with E-state index in [0.29, 0.717) is 19.3 Å². The number of fused-ring (bicyclic) bond motifs is 1. The van der Waals surface area contributed by atoms with Crippen molar-refractivity contribution in [3.63, 3.8) is 0 Å². The highest BCUT2D eigenvalue weighted by Crippen LogP contribution is 2.42. The SMILES string of the molecule is CC(=O)Nc1c(F)c(N2CCN(C=O)CC2)c(F)c2c1c(=O)c(C(=O)O)cn2C1CC1. The third-order valence-electron chi connectivity index (χ3n) is 5.58. The van der Waals surface area contributed by atoms with E-state index in [2.05, 4.69) is 5.32 Å². The van der Waals surface area contributed by atoms with Gasteiger partial charge in [0.15, 0.2) is 11.6 Å². The third kappa shape index (κ3) is 3.49. The maximum absolute atomic E-state index is 15.8. The molecule has 1 aliphatic carbocycles. The Labute approximate surface area is 174 Å². The van der Waals surface area contributed by atoms with Crippen molar-refractivity contribution in [3.05, 3.63) is 33.6 Å². The number of aromatic carboxylic acids is 1. The summed E-state index contributed by atoms with van der Waals surface area (Å²) >= 11 is 0. The molecule has 1 aliphatic heterocycles. The first kappa shape index (κ1) is 20.8. The second kappa shape index (κ2) is 7.64. The Morgan fingerprint density at radius 1 is 1.16 bits per heavy atom. The minimum absolute atomic E-state index is 0.151. The van der Waals surface area contributed by atoms with Gasteiger partial charge in [0.05, 0.1) is 16.6 Å². The van der Waals surface area contributed by atoms with Crippen LogP contribution in [0.25, 0.3) is 10.9 Å². The Kier molecular flexibility index (Phi) is 5.11. The molecular formula is C20H20F2N4O5. The first-order valence-electron chi connectivity index (χ1n) is 9.79. The fourth-order valence-corrected chi connectivity index (χ4v) is 3.94. The predicted molar refractivity (Wildman–Crippen MR) is 108 cm³/mol. The standard InChI is InChI=1S/C20H20F2N4O5/c1-10(28)23-16-13-17(26(11-2-3-11)8-12(19(13)29)20(30)31)15(22)18(14(16)21)25-6-4-24(9-27)5-7-25/h8-9,11H,2-7H2,1H3,(H,23,28)(H,30,31). The second-order valence-electron chi connectivity index (χ2n) is 7.70. The van der Waals surface area contributed by atoms with E-state index >= 15 is 8.78 Å². The van der Waals surface area contributed by atoms with Crippen LogP contribution in [0.1, 0.15) is 36.2 Å². The van der Waals surface area contributed by atoms with Crippen molar-refractivity contribution in [1.82, 2.24) is 9.47 Å². The van der Waals surface area contributed by atoms with Crippen LogP contribution in [0.4, 0.5) is 20.2 Å². The molecule has 2 aromatic rings. The average Bonchev–Trinajstić information content (AvgIpc) is 3.56. The molecule has 1 aromatic heterocycles. The van der Waals surface area contributed by atoms with Crippen LogP contribution in [0.2, 0.25) is 0 Å². The number of nitrogens with one attached hydrogen (secondary N) is 1. The first-order chi connectivity index (χ1) is 14.7. The number of carbonyl (C=O) groups is 3. The summed E-state index contributed by atoms with van der Waals surface area (Å²) in [5.74, 6) is -4.37. The van der Waals surface area contributed by atoms with E-state index in [9.17, 15) is 24.3 Å². The number of halogens is 2. The summed E-state index contributed by atoms with van der Waals surface area (Å²) in [6.07, 6.45) is 3.04. The van der Waals surface area contributed by atoms with Gasteiger partial charge in [-0.25, -0.2) is 13.6 Å². The van der Waals surface area contributed by atoms with Crippen LogP contribution >= 0.6 is 0 Å². The minimum Gasteiger partial charge on any atom is -0.477 e. The molecule has 0 spiro atoms. The van der Waals surface area contributed by atoms with Crippen LogP contribution < -0.4 is 15.6 Å². The number of benzene rings is 1. The molecule has 9 nitrogen and oxygen atoms in total. The zero-order chi connectivity index (χ0) is 22.4. The van der Waals surface area contributed by atoms with E-state index in [-0.39, 0.29) is 37.7 Å². The van der Waals surface area contributed by atoms with Gasteiger partial charge < -0.3 is 24.8 Å². The summed E-state index contributed by atoms with van der Waals surface area (Å²) in [5, 5.41) is 11.2. The topological polar surface area (TPSA) is 112 Å². The summed E-state index contributed by atoms with van der Waals surface area (Å²) in [6.45, 7) is 1.92. The van der Waals surface area contributed by atoms with Crippen molar-refractivity contribution in [3.8, 4) is 0 Å². The summed E-state index contributed by atoms with van der Waals surface area (Å²) in [6, 6.07) is -0.230. The molecule has 2 amide bonds. The van der Waals surface area contributed by atoms with Gasteiger partial charge in [-0.1, -0.05) is 0 Å². The first-order valence-corrected chi connectivity index (χ1v) is 9.79. The van der Waals surface area contributed by atoms with Crippen molar-refractivity contribution < 1.29 is 28.3 Å². The number of hydrogen-bond acceptors (Lipinski definition) is 5. The molecule has 11 heteroatoms.